The normalized spacial score (nSPS) is 22.4. The van der Waals surface area contributed by atoms with Crippen LogP contribution in [0.15, 0.2) is 42.5 Å². The standard InChI is InChI=1S/C25H28F2N2O4/c1-2-28(22(30)12-13-23(31)32)24-16-6-3-4-8-20(16)29(21-9-5-7-17(21)24)25(33)15-10-11-18(26)19(27)14-15/h3-4,6,8,10-11,14,17,21,24-25,33H,2,5,7,9,12-13H2,1H3,(H,31,32). The van der Waals surface area contributed by atoms with Crippen molar-refractivity contribution in [2.45, 2.75) is 57.3 Å². The number of nitrogens with zero attached hydrogens (tertiary/aromatic N) is 2. The molecule has 1 aliphatic heterocycles. The number of carboxylic acids is 1. The fourth-order valence-corrected chi connectivity index (χ4v) is 5.50. The summed E-state index contributed by atoms with van der Waals surface area (Å²) in [5, 5.41) is 20.3. The van der Waals surface area contributed by atoms with E-state index in [0.29, 0.717) is 6.54 Å². The van der Waals surface area contributed by atoms with E-state index in [-0.39, 0.29) is 42.3 Å². The lowest BCUT2D eigenvalue weighted by Crippen LogP contribution is -2.51. The van der Waals surface area contributed by atoms with E-state index in [1.165, 1.54) is 6.07 Å². The van der Waals surface area contributed by atoms with Gasteiger partial charge in [0.15, 0.2) is 17.9 Å². The van der Waals surface area contributed by atoms with E-state index in [1.54, 1.807) is 4.90 Å². The Hall–Kier alpha value is -3.00. The minimum atomic E-state index is -1.18. The number of benzene rings is 2. The van der Waals surface area contributed by atoms with Gasteiger partial charge in [-0.1, -0.05) is 30.7 Å². The second-order valence-electron chi connectivity index (χ2n) is 8.69. The Morgan fingerprint density at radius 1 is 1.12 bits per heavy atom. The number of rotatable bonds is 7. The molecule has 176 valence electrons. The molecule has 2 aromatic carbocycles. The summed E-state index contributed by atoms with van der Waals surface area (Å²) in [5.41, 5.74) is 1.87. The van der Waals surface area contributed by atoms with E-state index < -0.39 is 23.8 Å². The van der Waals surface area contributed by atoms with Crippen LogP contribution in [0.2, 0.25) is 0 Å². The zero-order chi connectivity index (χ0) is 23.7. The van der Waals surface area contributed by atoms with Crippen molar-refractivity contribution in [2.75, 3.05) is 11.4 Å². The molecule has 1 saturated carbocycles. The van der Waals surface area contributed by atoms with Gasteiger partial charge >= 0.3 is 5.97 Å². The average molecular weight is 459 g/mol. The molecular weight excluding hydrogens is 430 g/mol. The molecule has 1 aliphatic carbocycles. The number of aliphatic hydroxyl groups is 1. The van der Waals surface area contributed by atoms with Crippen molar-refractivity contribution in [3.8, 4) is 0 Å². The molecule has 0 bridgehead atoms. The number of para-hydroxylation sites is 1. The van der Waals surface area contributed by atoms with E-state index in [1.807, 2.05) is 36.1 Å². The number of fused-ring (bicyclic) bond motifs is 2. The molecule has 0 aromatic heterocycles. The summed E-state index contributed by atoms with van der Waals surface area (Å²) in [6.07, 6.45) is 1.07. The fourth-order valence-electron chi connectivity index (χ4n) is 5.50. The number of hydrogen-bond acceptors (Lipinski definition) is 4. The van der Waals surface area contributed by atoms with Gasteiger partial charge in [0.2, 0.25) is 5.91 Å². The maximum Gasteiger partial charge on any atom is 0.303 e. The largest absolute Gasteiger partial charge is 0.481 e. The smallest absolute Gasteiger partial charge is 0.303 e. The Kier molecular flexibility index (Phi) is 6.65. The predicted octanol–water partition coefficient (Wildman–Crippen LogP) is 4.40. The highest BCUT2D eigenvalue weighted by Crippen LogP contribution is 2.52. The van der Waals surface area contributed by atoms with E-state index in [9.17, 15) is 23.5 Å². The third-order valence-corrected chi connectivity index (χ3v) is 6.88. The number of aliphatic carboxylic acids is 1. The van der Waals surface area contributed by atoms with E-state index >= 15 is 0 Å². The van der Waals surface area contributed by atoms with Crippen molar-refractivity contribution in [3.63, 3.8) is 0 Å². The van der Waals surface area contributed by atoms with Gasteiger partial charge in [-0.05, 0) is 43.5 Å². The maximum absolute atomic E-state index is 13.9. The van der Waals surface area contributed by atoms with E-state index in [2.05, 4.69) is 0 Å². The number of carboxylic acid groups (broad SMARTS) is 1. The van der Waals surface area contributed by atoms with Gasteiger partial charge in [0.05, 0.1) is 12.5 Å². The lowest BCUT2D eigenvalue weighted by molar-refractivity contribution is -0.142. The molecule has 6 nitrogen and oxygen atoms in total. The van der Waals surface area contributed by atoms with Gasteiger partial charge in [-0.3, -0.25) is 9.59 Å². The summed E-state index contributed by atoms with van der Waals surface area (Å²) in [4.78, 5) is 27.6. The van der Waals surface area contributed by atoms with Gasteiger partial charge in [0, 0.05) is 36.2 Å². The zero-order valence-corrected chi connectivity index (χ0v) is 18.5. The molecule has 4 atom stereocenters. The first-order chi connectivity index (χ1) is 15.8. The van der Waals surface area contributed by atoms with Crippen LogP contribution in [0.5, 0.6) is 0 Å². The molecule has 0 saturated heterocycles. The lowest BCUT2D eigenvalue weighted by Gasteiger charge is -2.50. The number of carbonyl (C=O) groups is 2. The van der Waals surface area contributed by atoms with Crippen molar-refractivity contribution in [3.05, 3.63) is 65.2 Å². The molecule has 1 amide bonds. The monoisotopic (exact) mass is 458 g/mol. The Bertz CT molecular complexity index is 1050. The van der Waals surface area contributed by atoms with Crippen LogP contribution < -0.4 is 4.90 Å². The topological polar surface area (TPSA) is 81.1 Å². The molecule has 4 unspecified atom stereocenters. The SMILES string of the molecule is CCN(C(=O)CCC(=O)O)C1c2ccccc2N(C(O)c2ccc(F)c(F)c2)C2CCCC12. The average Bonchev–Trinajstić information content (AvgIpc) is 3.28. The lowest BCUT2D eigenvalue weighted by atomic mass is 9.81. The van der Waals surface area contributed by atoms with Crippen LogP contribution in [-0.4, -0.2) is 39.6 Å². The maximum atomic E-state index is 13.9. The Balaban J connectivity index is 1.75. The second kappa shape index (κ2) is 9.47. The van der Waals surface area contributed by atoms with Crippen molar-refractivity contribution in [2.24, 2.45) is 5.92 Å². The highest BCUT2D eigenvalue weighted by atomic mass is 19.2. The van der Waals surface area contributed by atoms with Crippen molar-refractivity contribution >= 4 is 17.6 Å². The van der Waals surface area contributed by atoms with Crippen LogP contribution >= 0.6 is 0 Å². The zero-order valence-electron chi connectivity index (χ0n) is 18.5. The van der Waals surface area contributed by atoms with Crippen molar-refractivity contribution in [1.29, 1.82) is 0 Å². The molecule has 2 N–H and O–H groups in total. The third kappa shape index (κ3) is 4.31. The second-order valence-corrected chi connectivity index (χ2v) is 8.69. The number of aliphatic hydroxyl groups excluding tert-OH is 1. The first-order valence-electron chi connectivity index (χ1n) is 11.3. The van der Waals surface area contributed by atoms with Gasteiger partial charge in [-0.25, -0.2) is 8.78 Å². The highest BCUT2D eigenvalue weighted by Gasteiger charge is 2.48. The molecule has 2 aromatic rings. The summed E-state index contributed by atoms with van der Waals surface area (Å²) >= 11 is 0. The van der Waals surface area contributed by atoms with Gasteiger partial charge in [0.25, 0.3) is 0 Å². The Morgan fingerprint density at radius 2 is 1.88 bits per heavy atom. The number of anilines is 1. The van der Waals surface area contributed by atoms with Crippen LogP contribution in [0.4, 0.5) is 14.5 Å². The molecule has 2 aliphatic rings. The predicted molar refractivity (Wildman–Crippen MR) is 118 cm³/mol. The van der Waals surface area contributed by atoms with Crippen molar-refractivity contribution < 1.29 is 28.6 Å². The van der Waals surface area contributed by atoms with E-state index in [0.717, 1.165) is 42.6 Å². The molecule has 8 heteroatoms. The number of amides is 1. The van der Waals surface area contributed by atoms with Crippen LogP contribution in [0, 0.1) is 17.6 Å². The summed E-state index contributed by atoms with van der Waals surface area (Å²) in [7, 11) is 0. The first-order valence-corrected chi connectivity index (χ1v) is 11.3. The summed E-state index contributed by atoms with van der Waals surface area (Å²) in [6.45, 7) is 2.32. The molecule has 0 radical (unpaired) electrons. The van der Waals surface area contributed by atoms with Gasteiger partial charge in [0.1, 0.15) is 0 Å². The first kappa shape index (κ1) is 23.2. The molecule has 33 heavy (non-hydrogen) atoms. The van der Waals surface area contributed by atoms with Gasteiger partial charge in [-0.2, -0.15) is 0 Å². The number of hydrogen-bond donors (Lipinski definition) is 2. The molecular formula is C25H28F2N2O4. The summed E-state index contributed by atoms with van der Waals surface area (Å²) < 4.78 is 27.4. The molecule has 1 heterocycles. The van der Waals surface area contributed by atoms with Crippen molar-refractivity contribution in [1.82, 2.24) is 4.90 Å². The quantitative estimate of drug-likeness (QED) is 0.643. The van der Waals surface area contributed by atoms with Gasteiger partial charge < -0.3 is 20.0 Å². The van der Waals surface area contributed by atoms with Crippen LogP contribution in [0.3, 0.4) is 0 Å². The molecule has 1 fully saturated rings. The van der Waals surface area contributed by atoms with Gasteiger partial charge in [-0.15, -0.1) is 0 Å². The summed E-state index contributed by atoms with van der Waals surface area (Å²) in [6, 6.07) is 10.6. The Morgan fingerprint density at radius 3 is 2.58 bits per heavy atom. The summed E-state index contributed by atoms with van der Waals surface area (Å²) in [5.74, 6) is -3.18. The van der Waals surface area contributed by atoms with E-state index in [4.69, 9.17) is 5.11 Å². The van der Waals surface area contributed by atoms with Crippen LogP contribution in [0.25, 0.3) is 0 Å². The fraction of sp³-hybridized carbons (Fsp3) is 0.440. The number of carbonyl (C=O) groups excluding carboxylic acids is 1. The molecule has 0 spiro atoms. The van der Waals surface area contributed by atoms with Crippen LogP contribution in [-0.2, 0) is 9.59 Å². The van der Waals surface area contributed by atoms with Crippen LogP contribution in [0.1, 0.15) is 62.4 Å². The Labute approximate surface area is 191 Å². The third-order valence-electron chi connectivity index (χ3n) is 6.88. The minimum Gasteiger partial charge on any atom is -0.481 e. The molecule has 4 rings (SSSR count). The highest BCUT2D eigenvalue weighted by molar-refractivity contribution is 5.81. The number of halogens is 2. The minimum absolute atomic E-state index is 0.0218.